The van der Waals surface area contributed by atoms with Crippen molar-refractivity contribution in [3.8, 4) is 22.3 Å². The van der Waals surface area contributed by atoms with Gasteiger partial charge in [-0.3, -0.25) is 0 Å². The van der Waals surface area contributed by atoms with Gasteiger partial charge in [0.25, 0.3) is 0 Å². The first-order valence-corrected chi connectivity index (χ1v) is 17.3. The van der Waals surface area contributed by atoms with Gasteiger partial charge in [-0.15, -0.1) is 0 Å². The Labute approximate surface area is 333 Å². The molecule has 2 nitrogen and oxygen atoms in total. The molecule has 0 aliphatic carbocycles. The maximum absolute atomic E-state index is 9.83. The molecule has 1 aromatic heterocycles. The number of nitrogens with zero attached hydrogens (tertiary/aromatic N) is 1. The lowest BCUT2D eigenvalue weighted by Crippen LogP contribution is -2.10. The lowest BCUT2D eigenvalue weighted by molar-refractivity contribution is 0.672. The summed E-state index contributed by atoms with van der Waals surface area (Å²) in [6, 6.07) is 22.9. The number of benzene rings is 10. The molecule has 1 heterocycles. The zero-order valence-electron chi connectivity index (χ0n) is 43.2. The summed E-state index contributed by atoms with van der Waals surface area (Å²) in [5.41, 5.74) is -0.676. The summed E-state index contributed by atoms with van der Waals surface area (Å²) in [5, 5.41) is 4.95. The monoisotopic (exact) mass is 702 g/mol. The summed E-state index contributed by atoms with van der Waals surface area (Å²) < 4.78 is 145. The van der Waals surface area contributed by atoms with Gasteiger partial charge in [-0.25, -0.2) is 0 Å². The minimum atomic E-state index is -0.805. The van der Waals surface area contributed by atoms with Crippen molar-refractivity contribution in [2.75, 3.05) is 4.90 Å². The van der Waals surface area contributed by atoms with Crippen LogP contribution < -0.4 is 4.90 Å². The van der Waals surface area contributed by atoms with Crippen LogP contribution in [-0.4, -0.2) is 0 Å². The lowest BCUT2D eigenvalue weighted by Gasteiger charge is -2.27. The Morgan fingerprint density at radius 1 is 0.407 bits per heavy atom. The Kier molecular flexibility index (Phi) is 4.32. The Bertz CT molecular complexity index is 4040. The van der Waals surface area contributed by atoms with E-state index in [0.29, 0.717) is 32.9 Å². The molecule has 0 bridgehead atoms. The summed E-state index contributed by atoms with van der Waals surface area (Å²) in [7, 11) is 0. The molecule has 0 spiro atoms. The van der Waals surface area contributed by atoms with Crippen LogP contribution in [0.15, 0.2) is 204 Å². The van der Waals surface area contributed by atoms with E-state index in [0.717, 1.165) is 26.9 Å². The van der Waals surface area contributed by atoms with Crippen molar-refractivity contribution in [3.05, 3.63) is 200 Å². The first-order chi connectivity index (χ1) is 33.0. The predicted octanol–water partition coefficient (Wildman–Crippen LogP) is 15.0. The average molecular weight is 703 g/mol. The maximum atomic E-state index is 9.83. The highest BCUT2D eigenvalue weighted by Gasteiger charge is 2.21. The van der Waals surface area contributed by atoms with Crippen LogP contribution in [0.3, 0.4) is 0 Å². The molecule has 0 saturated heterocycles. The molecule has 0 aliphatic heterocycles. The van der Waals surface area contributed by atoms with Crippen molar-refractivity contribution in [2.45, 2.75) is 0 Å². The van der Waals surface area contributed by atoms with Gasteiger partial charge in [-0.1, -0.05) is 151 Å². The molecule has 11 rings (SSSR count). The van der Waals surface area contributed by atoms with Crippen LogP contribution >= 0.6 is 0 Å². The third-order valence-corrected chi connectivity index (χ3v) is 9.88. The van der Waals surface area contributed by atoms with Crippen LogP contribution in [0.1, 0.15) is 20.6 Å². The van der Waals surface area contributed by atoms with E-state index in [2.05, 4.69) is 0 Å². The van der Waals surface area contributed by atoms with E-state index >= 15 is 0 Å². The molecule has 10 aromatic carbocycles. The van der Waals surface area contributed by atoms with Crippen LogP contribution in [0.4, 0.5) is 17.1 Å². The highest BCUT2D eigenvalue weighted by atomic mass is 16.3. The third-order valence-electron chi connectivity index (χ3n) is 9.88. The highest BCUT2D eigenvalue weighted by molar-refractivity contribution is 6.20. The van der Waals surface area contributed by atoms with Crippen LogP contribution in [0.5, 0.6) is 0 Å². The molecule has 0 aliphatic rings. The minimum absolute atomic E-state index is 0.00699. The molecule has 0 N–H and O–H groups in total. The van der Waals surface area contributed by atoms with Gasteiger partial charge in [0.15, 0.2) is 0 Å². The second kappa shape index (κ2) is 12.2. The molecule has 11 aromatic rings. The van der Waals surface area contributed by atoms with Crippen molar-refractivity contribution in [1.82, 2.24) is 0 Å². The lowest BCUT2D eigenvalue weighted by atomic mass is 9.93. The van der Waals surface area contributed by atoms with Gasteiger partial charge >= 0.3 is 0 Å². The molecule has 252 valence electrons. The van der Waals surface area contributed by atoms with Gasteiger partial charge in [0, 0.05) is 22.1 Å². The van der Waals surface area contributed by atoms with Gasteiger partial charge in [-0.2, -0.15) is 0 Å². The highest BCUT2D eigenvalue weighted by Crippen LogP contribution is 2.45. The zero-order chi connectivity index (χ0) is 48.6. The Morgan fingerprint density at radius 2 is 1.06 bits per heavy atom. The number of rotatable bonds is 5. The maximum Gasteiger partial charge on any atom is 0.143 e. The number of anilines is 3. The summed E-state index contributed by atoms with van der Waals surface area (Å²) in [6.07, 6.45) is 0. The first-order valence-electron chi connectivity index (χ1n) is 24.8. The molecule has 0 radical (unpaired) electrons. The van der Waals surface area contributed by atoms with E-state index in [1.807, 2.05) is 91.0 Å². The number of furan rings is 1. The van der Waals surface area contributed by atoms with E-state index in [1.54, 1.807) is 18.2 Å². The van der Waals surface area contributed by atoms with Gasteiger partial charge in [0.05, 0.1) is 31.6 Å². The average Bonchev–Trinajstić information content (AvgIpc) is 3.75. The van der Waals surface area contributed by atoms with E-state index in [4.69, 9.17) is 14.0 Å². The summed E-state index contributed by atoms with van der Waals surface area (Å²) in [5.74, 6) is 0. The van der Waals surface area contributed by atoms with Crippen molar-refractivity contribution in [1.29, 1.82) is 0 Å². The molecule has 0 unspecified atom stereocenters. The molecule has 0 fully saturated rings. The van der Waals surface area contributed by atoms with Crippen LogP contribution in [0.2, 0.25) is 0 Å². The molecule has 0 atom stereocenters. The number of fused-ring (bicyclic) bond motifs is 9. The number of hydrogen-bond donors (Lipinski definition) is 0. The van der Waals surface area contributed by atoms with Crippen molar-refractivity contribution >= 4 is 82.1 Å². The van der Waals surface area contributed by atoms with Gasteiger partial charge in [0.2, 0.25) is 0 Å². The molecular weight excluding hydrogens is 655 g/mol. The van der Waals surface area contributed by atoms with E-state index in [1.165, 1.54) is 4.90 Å². The molecule has 54 heavy (non-hydrogen) atoms. The second-order valence-electron chi connectivity index (χ2n) is 12.9. The first kappa shape index (κ1) is 19.1. The minimum Gasteiger partial charge on any atom is -0.455 e. The van der Waals surface area contributed by atoms with Crippen molar-refractivity contribution in [3.63, 3.8) is 0 Å². The van der Waals surface area contributed by atoms with Crippen molar-refractivity contribution in [2.24, 2.45) is 0 Å². The zero-order valence-corrected chi connectivity index (χ0v) is 28.2. The van der Waals surface area contributed by atoms with E-state index in [9.17, 15) is 11.0 Å². The molecule has 0 saturated carbocycles. The largest absolute Gasteiger partial charge is 0.455 e. The molecule has 0 amide bonds. The van der Waals surface area contributed by atoms with Crippen LogP contribution in [0, 0.1) is 0 Å². The third kappa shape index (κ3) is 4.81. The Morgan fingerprint density at radius 3 is 1.85 bits per heavy atom. The summed E-state index contributed by atoms with van der Waals surface area (Å²) in [6.45, 7) is 0. The molecule has 2 heteroatoms. The SMILES string of the molecule is [2H]c1c([2H])c(N(c2c([2H])c([2H])c(-c3c([2H])c([2H])c([2H])c4c([2H])c([2H])c([2H])c([2H])c34)c([2H])c2[2H])c2cccc3oc4c5ccccc5ccc4c23)c([2H])c([2H])c1-c1cc2ccccc2c2ccccc12. The fraction of sp³-hybridized carbons (Fsp3) is 0. The van der Waals surface area contributed by atoms with Gasteiger partial charge in [-0.05, 0) is 108 Å². The molecular formula is C52H33NO. The van der Waals surface area contributed by atoms with E-state index < -0.39 is 124 Å². The van der Waals surface area contributed by atoms with Crippen molar-refractivity contribution < 1.29 is 25.0 Å². The standard InChI is InChI=1S/C52H33NO/c1-4-15-41-34(11-1)14-9-20-42(41)36-23-28-39(29-24-36)53(49-21-10-22-50-51(49)47-32-27-35-12-2-6-17-44(35)52(47)54-50)40-30-25-37(26-31-40)48-33-38-13-3-5-16-43(38)45-18-7-8-19-46(45)48/h1-33H/i1D,4D,9D,11D,14D,15D,20D,23D,24D,25D,26D,28D,29D,30D,31D. The van der Waals surface area contributed by atoms with Gasteiger partial charge < -0.3 is 9.32 Å². The second-order valence-corrected chi connectivity index (χ2v) is 12.9. The summed E-state index contributed by atoms with van der Waals surface area (Å²) >= 11 is 0. The smallest absolute Gasteiger partial charge is 0.143 e. The predicted molar refractivity (Wildman–Crippen MR) is 229 cm³/mol. The topological polar surface area (TPSA) is 16.4 Å². The van der Waals surface area contributed by atoms with Gasteiger partial charge in [0.1, 0.15) is 11.2 Å². The summed E-state index contributed by atoms with van der Waals surface area (Å²) in [4.78, 5) is 1.18. The van der Waals surface area contributed by atoms with E-state index in [-0.39, 0.29) is 11.3 Å². The van der Waals surface area contributed by atoms with Crippen LogP contribution in [-0.2, 0) is 0 Å². The Balaban J connectivity index is 1.26. The Hall–Kier alpha value is -7.16. The van der Waals surface area contributed by atoms with Crippen LogP contribution in [0.25, 0.3) is 87.3 Å². The normalized spacial score (nSPS) is 15.6. The quantitative estimate of drug-likeness (QED) is 0.166. The fourth-order valence-corrected chi connectivity index (χ4v) is 7.43. The number of hydrogen-bond acceptors (Lipinski definition) is 2. The fourth-order valence-electron chi connectivity index (χ4n) is 7.43.